The van der Waals surface area contributed by atoms with Crippen molar-refractivity contribution in [1.29, 1.82) is 0 Å². The van der Waals surface area contributed by atoms with Gasteiger partial charge in [0, 0.05) is 13.2 Å². The first-order chi connectivity index (χ1) is 7.43. The maximum absolute atomic E-state index is 5.60. The molecule has 0 aromatic heterocycles. The molecule has 0 spiro atoms. The van der Waals surface area contributed by atoms with Crippen molar-refractivity contribution in [3.8, 4) is 0 Å². The molecular formula is C12H26N2O. The highest BCUT2D eigenvalue weighted by Gasteiger charge is 2.09. The highest BCUT2D eigenvalue weighted by molar-refractivity contribution is 4.64. The van der Waals surface area contributed by atoms with Crippen LogP contribution in [0.2, 0.25) is 0 Å². The number of ether oxygens (including phenoxy) is 1. The van der Waals surface area contributed by atoms with Gasteiger partial charge in [0.15, 0.2) is 0 Å². The normalized spacial score (nSPS) is 17.4. The van der Waals surface area contributed by atoms with Crippen LogP contribution in [0.5, 0.6) is 0 Å². The van der Waals surface area contributed by atoms with Gasteiger partial charge in [0.2, 0.25) is 0 Å². The van der Waals surface area contributed by atoms with Gasteiger partial charge in [-0.2, -0.15) is 0 Å². The second kappa shape index (κ2) is 9.13. The summed E-state index contributed by atoms with van der Waals surface area (Å²) in [7, 11) is 0. The van der Waals surface area contributed by atoms with Crippen LogP contribution in [0.1, 0.15) is 38.5 Å². The predicted molar refractivity (Wildman–Crippen MR) is 64.0 cm³/mol. The van der Waals surface area contributed by atoms with Crippen molar-refractivity contribution in [2.75, 3.05) is 39.4 Å². The zero-order valence-electron chi connectivity index (χ0n) is 9.92. The van der Waals surface area contributed by atoms with Crippen LogP contribution in [0, 0.1) is 0 Å². The first-order valence-corrected chi connectivity index (χ1v) is 6.43. The van der Waals surface area contributed by atoms with Crippen molar-refractivity contribution in [1.82, 2.24) is 4.90 Å². The third-order valence-corrected chi connectivity index (χ3v) is 2.99. The fourth-order valence-corrected chi connectivity index (χ4v) is 2.00. The minimum absolute atomic E-state index is 0.829. The average Bonchev–Trinajstić information content (AvgIpc) is 2.75. The Kier molecular flexibility index (Phi) is 7.88. The van der Waals surface area contributed by atoms with Crippen LogP contribution in [0.25, 0.3) is 0 Å². The van der Waals surface area contributed by atoms with Crippen LogP contribution in [0.15, 0.2) is 0 Å². The number of likely N-dealkylation sites (tertiary alicyclic amines) is 1. The number of nitrogens with two attached hydrogens (primary N) is 1. The maximum atomic E-state index is 5.60. The number of unbranched alkanes of at least 4 members (excludes halogenated alkanes) is 3. The summed E-state index contributed by atoms with van der Waals surface area (Å²) >= 11 is 0. The molecule has 0 aromatic carbocycles. The molecule has 0 bridgehead atoms. The van der Waals surface area contributed by atoms with E-state index in [1.165, 1.54) is 45.2 Å². The quantitative estimate of drug-likeness (QED) is 0.593. The molecule has 1 fully saturated rings. The van der Waals surface area contributed by atoms with Crippen molar-refractivity contribution in [2.24, 2.45) is 5.73 Å². The molecule has 0 amide bonds. The minimum atomic E-state index is 0.829. The minimum Gasteiger partial charge on any atom is -0.380 e. The van der Waals surface area contributed by atoms with E-state index in [0.29, 0.717) is 0 Å². The molecule has 0 atom stereocenters. The standard InChI is InChI=1S/C12H26N2O/c13-7-3-1-2-6-11-15-12-10-14-8-4-5-9-14/h1-13H2. The lowest BCUT2D eigenvalue weighted by atomic mass is 10.2. The molecule has 1 saturated heterocycles. The summed E-state index contributed by atoms with van der Waals surface area (Å²) in [5.74, 6) is 0. The molecule has 1 heterocycles. The van der Waals surface area contributed by atoms with Crippen LogP contribution in [-0.2, 0) is 4.74 Å². The highest BCUT2D eigenvalue weighted by atomic mass is 16.5. The van der Waals surface area contributed by atoms with Gasteiger partial charge in [-0.25, -0.2) is 0 Å². The first kappa shape index (κ1) is 12.9. The molecule has 1 rings (SSSR count). The van der Waals surface area contributed by atoms with E-state index < -0.39 is 0 Å². The largest absolute Gasteiger partial charge is 0.380 e. The van der Waals surface area contributed by atoms with Crippen molar-refractivity contribution < 1.29 is 4.74 Å². The molecule has 3 nitrogen and oxygen atoms in total. The maximum Gasteiger partial charge on any atom is 0.0593 e. The number of hydrogen-bond acceptors (Lipinski definition) is 3. The number of rotatable bonds is 9. The summed E-state index contributed by atoms with van der Waals surface area (Å²) in [6.07, 6.45) is 7.62. The second-order valence-electron chi connectivity index (χ2n) is 4.36. The molecular weight excluding hydrogens is 188 g/mol. The summed E-state index contributed by atoms with van der Waals surface area (Å²) in [5.41, 5.74) is 5.42. The fraction of sp³-hybridized carbons (Fsp3) is 1.00. The van der Waals surface area contributed by atoms with E-state index in [-0.39, 0.29) is 0 Å². The molecule has 1 aliphatic rings. The van der Waals surface area contributed by atoms with E-state index in [1.807, 2.05) is 0 Å². The van der Waals surface area contributed by atoms with Crippen LogP contribution in [0.3, 0.4) is 0 Å². The molecule has 90 valence electrons. The van der Waals surface area contributed by atoms with Gasteiger partial charge in [-0.3, -0.25) is 0 Å². The van der Waals surface area contributed by atoms with E-state index in [4.69, 9.17) is 10.5 Å². The van der Waals surface area contributed by atoms with Crippen molar-refractivity contribution in [3.63, 3.8) is 0 Å². The lowest BCUT2D eigenvalue weighted by molar-refractivity contribution is 0.108. The molecule has 2 N–H and O–H groups in total. The van der Waals surface area contributed by atoms with Crippen LogP contribution in [0.4, 0.5) is 0 Å². The van der Waals surface area contributed by atoms with Gasteiger partial charge >= 0.3 is 0 Å². The van der Waals surface area contributed by atoms with Gasteiger partial charge in [-0.1, -0.05) is 12.8 Å². The van der Waals surface area contributed by atoms with Gasteiger partial charge < -0.3 is 15.4 Å². The van der Waals surface area contributed by atoms with Gasteiger partial charge in [0.1, 0.15) is 0 Å². The van der Waals surface area contributed by atoms with E-state index >= 15 is 0 Å². The Hall–Kier alpha value is -0.120. The zero-order chi connectivity index (χ0) is 10.8. The SMILES string of the molecule is NCCCCCCOCCN1CCCC1. The third kappa shape index (κ3) is 6.88. The Balaban J connectivity index is 1.73. The molecule has 0 aliphatic carbocycles. The molecule has 1 aliphatic heterocycles. The van der Waals surface area contributed by atoms with Crippen molar-refractivity contribution in [3.05, 3.63) is 0 Å². The van der Waals surface area contributed by atoms with E-state index in [2.05, 4.69) is 4.90 Å². The Morgan fingerprint density at radius 1 is 0.933 bits per heavy atom. The Morgan fingerprint density at radius 3 is 2.40 bits per heavy atom. The average molecular weight is 214 g/mol. The summed E-state index contributed by atoms with van der Waals surface area (Å²) < 4.78 is 5.60. The topological polar surface area (TPSA) is 38.5 Å². The van der Waals surface area contributed by atoms with Gasteiger partial charge in [0.25, 0.3) is 0 Å². The van der Waals surface area contributed by atoms with Crippen LogP contribution >= 0.6 is 0 Å². The van der Waals surface area contributed by atoms with Crippen molar-refractivity contribution in [2.45, 2.75) is 38.5 Å². The molecule has 15 heavy (non-hydrogen) atoms. The summed E-state index contributed by atoms with van der Waals surface area (Å²) in [4.78, 5) is 2.49. The molecule has 3 heteroatoms. The number of hydrogen-bond donors (Lipinski definition) is 1. The van der Waals surface area contributed by atoms with Crippen LogP contribution < -0.4 is 5.73 Å². The van der Waals surface area contributed by atoms with E-state index in [1.54, 1.807) is 0 Å². The first-order valence-electron chi connectivity index (χ1n) is 6.43. The predicted octanol–water partition coefficient (Wildman–Crippen LogP) is 1.62. The Labute approximate surface area is 94.0 Å². The third-order valence-electron chi connectivity index (χ3n) is 2.99. The fourth-order valence-electron chi connectivity index (χ4n) is 2.00. The van der Waals surface area contributed by atoms with E-state index in [9.17, 15) is 0 Å². The molecule has 0 unspecified atom stereocenters. The van der Waals surface area contributed by atoms with Crippen molar-refractivity contribution >= 4 is 0 Å². The van der Waals surface area contributed by atoms with Gasteiger partial charge in [-0.05, 0) is 45.3 Å². The number of nitrogens with zero attached hydrogens (tertiary/aromatic N) is 1. The Bertz CT molecular complexity index is 136. The Morgan fingerprint density at radius 2 is 1.67 bits per heavy atom. The summed E-state index contributed by atoms with van der Waals surface area (Å²) in [6, 6.07) is 0. The zero-order valence-corrected chi connectivity index (χ0v) is 9.92. The lowest BCUT2D eigenvalue weighted by Gasteiger charge is -2.14. The monoisotopic (exact) mass is 214 g/mol. The summed E-state index contributed by atoms with van der Waals surface area (Å²) in [6.45, 7) is 6.35. The smallest absolute Gasteiger partial charge is 0.0593 e. The summed E-state index contributed by atoms with van der Waals surface area (Å²) in [5, 5.41) is 0. The second-order valence-corrected chi connectivity index (χ2v) is 4.36. The van der Waals surface area contributed by atoms with Crippen LogP contribution in [-0.4, -0.2) is 44.3 Å². The lowest BCUT2D eigenvalue weighted by Crippen LogP contribution is -2.24. The van der Waals surface area contributed by atoms with E-state index in [0.717, 1.165) is 32.7 Å². The highest BCUT2D eigenvalue weighted by Crippen LogP contribution is 2.06. The van der Waals surface area contributed by atoms with Gasteiger partial charge in [0.05, 0.1) is 6.61 Å². The molecule has 0 aromatic rings. The molecule has 0 saturated carbocycles. The van der Waals surface area contributed by atoms with Gasteiger partial charge in [-0.15, -0.1) is 0 Å². The molecule has 0 radical (unpaired) electrons.